The van der Waals surface area contributed by atoms with Gasteiger partial charge in [-0.2, -0.15) is 0 Å². The van der Waals surface area contributed by atoms with Gasteiger partial charge in [-0.1, -0.05) is 12.1 Å². The molecule has 0 radical (unpaired) electrons. The number of nitrogens with one attached hydrogen (secondary N) is 1. The van der Waals surface area contributed by atoms with Crippen molar-refractivity contribution < 1.29 is 9.18 Å². The lowest BCUT2D eigenvalue weighted by atomic mass is 9.86. The number of rotatable bonds is 3. The van der Waals surface area contributed by atoms with Gasteiger partial charge in [0, 0.05) is 13.1 Å². The lowest BCUT2D eigenvalue weighted by Gasteiger charge is -2.39. The number of nitrogens with two attached hydrogens (primary N) is 1. The summed E-state index contributed by atoms with van der Waals surface area (Å²) in [4.78, 5) is 13.8. The summed E-state index contributed by atoms with van der Waals surface area (Å²) in [5.41, 5.74) is 5.00. The number of nitrogens with zero attached hydrogens (tertiary/aromatic N) is 1. The molecule has 0 bridgehead atoms. The Morgan fingerprint density at radius 2 is 2.00 bits per heavy atom. The van der Waals surface area contributed by atoms with E-state index in [-0.39, 0.29) is 5.82 Å². The molecule has 1 aliphatic rings. The first-order valence-electron chi connectivity index (χ1n) is 6.05. The molecule has 98 valence electrons. The molecular weight excluding hydrogens is 233 g/mol. The Balaban J connectivity index is 2.22. The van der Waals surface area contributed by atoms with Crippen molar-refractivity contribution in [3.05, 3.63) is 30.1 Å². The normalized spacial score (nSPS) is 19.4. The third-order valence-corrected chi connectivity index (χ3v) is 3.56. The smallest absolute Gasteiger partial charge is 0.243 e. The zero-order valence-corrected chi connectivity index (χ0v) is 10.4. The predicted molar refractivity (Wildman–Crippen MR) is 68.7 cm³/mol. The molecule has 1 saturated heterocycles. The van der Waals surface area contributed by atoms with Crippen LogP contribution in [0.25, 0.3) is 0 Å². The number of carbonyl (C=O) groups excluding carboxylic acids is 1. The zero-order valence-electron chi connectivity index (χ0n) is 10.4. The molecule has 5 heteroatoms. The van der Waals surface area contributed by atoms with E-state index in [2.05, 4.69) is 10.2 Å². The van der Waals surface area contributed by atoms with E-state index in [0.29, 0.717) is 18.5 Å². The number of amides is 1. The van der Waals surface area contributed by atoms with Crippen molar-refractivity contribution >= 4 is 11.6 Å². The molecule has 0 spiro atoms. The highest BCUT2D eigenvalue weighted by Crippen LogP contribution is 2.27. The minimum atomic E-state index is -0.839. The average Bonchev–Trinajstić information content (AvgIpc) is 2.35. The van der Waals surface area contributed by atoms with Crippen molar-refractivity contribution in [3.8, 4) is 0 Å². The Morgan fingerprint density at radius 3 is 2.56 bits per heavy atom. The highest BCUT2D eigenvalue weighted by Gasteiger charge is 2.39. The minimum absolute atomic E-state index is 0.334. The summed E-state index contributed by atoms with van der Waals surface area (Å²) >= 11 is 0. The maximum absolute atomic E-state index is 13.6. The number of halogens is 1. The number of benzene rings is 1. The molecule has 4 nitrogen and oxygen atoms in total. The largest absolute Gasteiger partial charge is 0.369 e. The number of hydrogen-bond acceptors (Lipinski definition) is 3. The van der Waals surface area contributed by atoms with Crippen LogP contribution < -0.4 is 11.1 Å². The van der Waals surface area contributed by atoms with Gasteiger partial charge in [0.25, 0.3) is 0 Å². The van der Waals surface area contributed by atoms with E-state index in [9.17, 15) is 9.18 Å². The third kappa shape index (κ3) is 2.46. The van der Waals surface area contributed by atoms with Gasteiger partial charge < -0.3 is 16.0 Å². The molecule has 2 rings (SSSR count). The maximum atomic E-state index is 13.6. The number of primary amides is 1. The van der Waals surface area contributed by atoms with Crippen LogP contribution in [0.5, 0.6) is 0 Å². The summed E-state index contributed by atoms with van der Waals surface area (Å²) < 4.78 is 13.6. The number of para-hydroxylation sites is 1. The average molecular weight is 251 g/mol. The lowest BCUT2D eigenvalue weighted by Crippen LogP contribution is -2.56. The summed E-state index contributed by atoms with van der Waals surface area (Å²) in [5, 5.41) is 3.01. The molecule has 1 amide bonds. The summed E-state index contributed by atoms with van der Waals surface area (Å²) in [5.74, 6) is -0.782. The van der Waals surface area contributed by atoms with Gasteiger partial charge in [0.15, 0.2) is 0 Å². The monoisotopic (exact) mass is 251 g/mol. The predicted octanol–water partition coefficient (Wildman–Crippen LogP) is 1.19. The van der Waals surface area contributed by atoms with Crippen molar-refractivity contribution in [2.45, 2.75) is 18.4 Å². The van der Waals surface area contributed by atoms with Gasteiger partial charge in [-0.05, 0) is 32.0 Å². The van der Waals surface area contributed by atoms with Crippen LogP contribution >= 0.6 is 0 Å². The van der Waals surface area contributed by atoms with E-state index in [1.807, 2.05) is 7.05 Å². The minimum Gasteiger partial charge on any atom is -0.369 e. The van der Waals surface area contributed by atoms with Gasteiger partial charge in [0.1, 0.15) is 11.4 Å². The quantitative estimate of drug-likeness (QED) is 0.848. The number of likely N-dealkylation sites (tertiary alicyclic amines) is 1. The Kier molecular flexibility index (Phi) is 3.52. The Labute approximate surface area is 106 Å². The third-order valence-electron chi connectivity index (χ3n) is 3.56. The van der Waals surface area contributed by atoms with Crippen molar-refractivity contribution in [1.29, 1.82) is 0 Å². The molecule has 0 aliphatic carbocycles. The number of hydrogen-bond donors (Lipinski definition) is 2. The molecule has 18 heavy (non-hydrogen) atoms. The molecule has 1 aromatic carbocycles. The molecule has 0 saturated carbocycles. The summed E-state index contributed by atoms with van der Waals surface area (Å²) in [6.45, 7) is 1.54. The van der Waals surface area contributed by atoms with Crippen LogP contribution in [0.15, 0.2) is 24.3 Å². The van der Waals surface area contributed by atoms with Crippen LogP contribution in [0.4, 0.5) is 10.1 Å². The second-order valence-corrected chi connectivity index (χ2v) is 4.85. The lowest BCUT2D eigenvalue weighted by molar-refractivity contribution is -0.123. The van der Waals surface area contributed by atoms with Gasteiger partial charge in [-0.3, -0.25) is 4.79 Å². The van der Waals surface area contributed by atoms with Crippen molar-refractivity contribution in [2.24, 2.45) is 5.73 Å². The number of piperidine rings is 1. The molecule has 1 aromatic rings. The second-order valence-electron chi connectivity index (χ2n) is 4.85. The van der Waals surface area contributed by atoms with E-state index in [1.54, 1.807) is 18.2 Å². The van der Waals surface area contributed by atoms with Crippen LogP contribution in [0.3, 0.4) is 0 Å². The van der Waals surface area contributed by atoms with E-state index in [4.69, 9.17) is 5.73 Å². The maximum Gasteiger partial charge on any atom is 0.243 e. The second kappa shape index (κ2) is 4.94. The van der Waals surface area contributed by atoms with Crippen LogP contribution in [0.1, 0.15) is 12.8 Å². The first kappa shape index (κ1) is 12.8. The fourth-order valence-corrected chi connectivity index (χ4v) is 2.25. The summed E-state index contributed by atoms with van der Waals surface area (Å²) in [6.07, 6.45) is 1.18. The van der Waals surface area contributed by atoms with E-state index >= 15 is 0 Å². The van der Waals surface area contributed by atoms with Gasteiger partial charge in [0.2, 0.25) is 5.91 Å². The molecular formula is C13H18FN3O. The molecule has 0 atom stereocenters. The van der Waals surface area contributed by atoms with E-state index < -0.39 is 11.4 Å². The van der Waals surface area contributed by atoms with Gasteiger partial charge in [-0.25, -0.2) is 4.39 Å². The van der Waals surface area contributed by atoms with Crippen molar-refractivity contribution in [3.63, 3.8) is 0 Å². The Bertz CT molecular complexity index is 442. The van der Waals surface area contributed by atoms with Crippen LogP contribution in [-0.4, -0.2) is 36.5 Å². The molecule has 0 aromatic heterocycles. The fraction of sp³-hybridized carbons (Fsp3) is 0.462. The first-order chi connectivity index (χ1) is 8.53. The van der Waals surface area contributed by atoms with E-state index in [0.717, 1.165) is 13.1 Å². The summed E-state index contributed by atoms with van der Waals surface area (Å²) in [7, 11) is 1.99. The number of carbonyl (C=O) groups is 1. The van der Waals surface area contributed by atoms with E-state index in [1.165, 1.54) is 6.07 Å². The van der Waals surface area contributed by atoms with Gasteiger partial charge in [0.05, 0.1) is 5.69 Å². The van der Waals surface area contributed by atoms with Crippen molar-refractivity contribution in [1.82, 2.24) is 4.90 Å². The Morgan fingerprint density at radius 1 is 1.39 bits per heavy atom. The highest BCUT2D eigenvalue weighted by atomic mass is 19.1. The summed E-state index contributed by atoms with van der Waals surface area (Å²) in [6, 6.07) is 6.34. The fourth-order valence-electron chi connectivity index (χ4n) is 2.25. The van der Waals surface area contributed by atoms with Crippen molar-refractivity contribution in [2.75, 3.05) is 25.5 Å². The van der Waals surface area contributed by atoms with Crippen LogP contribution in [-0.2, 0) is 4.79 Å². The highest BCUT2D eigenvalue weighted by molar-refractivity contribution is 5.88. The van der Waals surface area contributed by atoms with Gasteiger partial charge in [-0.15, -0.1) is 0 Å². The topological polar surface area (TPSA) is 58.4 Å². The standard InChI is InChI=1S/C13H18FN3O/c1-17-8-6-13(7-9-17,12(15)18)16-11-5-3-2-4-10(11)14/h2-5,16H,6-9H2,1H3,(H2,15,18). The molecule has 3 N–H and O–H groups in total. The van der Waals surface area contributed by atoms with Gasteiger partial charge >= 0.3 is 0 Å². The zero-order chi connectivity index (χ0) is 13.2. The SMILES string of the molecule is CN1CCC(Nc2ccccc2F)(C(N)=O)CC1. The Hall–Kier alpha value is -1.62. The molecule has 1 fully saturated rings. The first-order valence-corrected chi connectivity index (χ1v) is 6.05. The molecule has 1 aliphatic heterocycles. The van der Waals surface area contributed by atoms with Crippen LogP contribution in [0, 0.1) is 5.82 Å². The number of anilines is 1. The van der Waals surface area contributed by atoms with Crippen LogP contribution in [0.2, 0.25) is 0 Å². The molecule has 1 heterocycles. The molecule has 0 unspecified atom stereocenters.